The Morgan fingerprint density at radius 2 is 1.35 bits per heavy atom. The molecule has 0 rings (SSSR count). The molecule has 0 aromatic rings. The first-order valence-electron chi connectivity index (χ1n) is 8.73. The molecule has 0 aliphatic rings. The van der Waals surface area contributed by atoms with E-state index in [4.69, 9.17) is 11.6 Å². The van der Waals surface area contributed by atoms with Crippen LogP contribution in [0.4, 0.5) is 0 Å². The van der Waals surface area contributed by atoms with Crippen molar-refractivity contribution in [3.63, 3.8) is 0 Å². The van der Waals surface area contributed by atoms with Crippen molar-refractivity contribution in [2.75, 3.05) is 32.1 Å². The molecule has 0 radical (unpaired) electrons. The molecule has 1 atom stereocenters. The Balaban J connectivity index is 3.80. The van der Waals surface area contributed by atoms with Gasteiger partial charge in [-0.05, 0) is 26.7 Å². The Bertz CT molecular complexity index is 207. The molecule has 3 heteroatoms. The number of aliphatic hydroxyl groups excluding tert-OH is 1. The maximum absolute atomic E-state index is 9.83. The van der Waals surface area contributed by atoms with Crippen molar-refractivity contribution >= 4 is 11.6 Å². The van der Waals surface area contributed by atoms with Gasteiger partial charge in [0.15, 0.2) is 0 Å². The van der Waals surface area contributed by atoms with Gasteiger partial charge in [-0.2, -0.15) is 0 Å². The van der Waals surface area contributed by atoms with Crippen molar-refractivity contribution in [3.8, 4) is 0 Å². The fourth-order valence-corrected chi connectivity index (χ4v) is 3.06. The third-order valence-corrected chi connectivity index (χ3v) is 4.96. The minimum absolute atomic E-state index is 0.356. The van der Waals surface area contributed by atoms with E-state index < -0.39 is 0 Å². The molecule has 0 spiro atoms. The molecule has 0 saturated heterocycles. The summed E-state index contributed by atoms with van der Waals surface area (Å²) in [4.78, 5) is 0. The Hall–Kier alpha value is 0.210. The first-order chi connectivity index (χ1) is 9.64. The van der Waals surface area contributed by atoms with Gasteiger partial charge in [-0.15, -0.1) is 11.6 Å². The van der Waals surface area contributed by atoms with E-state index in [1.807, 2.05) is 0 Å². The van der Waals surface area contributed by atoms with Gasteiger partial charge >= 0.3 is 0 Å². The number of unbranched alkanes of at least 4 members (excludes halogenated alkanes) is 7. The normalized spacial score (nSPS) is 13.7. The van der Waals surface area contributed by atoms with Crippen molar-refractivity contribution in [2.45, 2.75) is 78.2 Å². The third-order valence-electron chi connectivity index (χ3n) is 4.60. The molecular weight excluding hydrogens is 270 g/mol. The lowest BCUT2D eigenvalue weighted by molar-refractivity contribution is -0.927. The molecule has 2 nitrogen and oxygen atoms in total. The molecule has 0 aromatic heterocycles. The van der Waals surface area contributed by atoms with Crippen molar-refractivity contribution < 1.29 is 9.59 Å². The lowest BCUT2D eigenvalue weighted by atomic mass is 10.1. The largest absolute Gasteiger partial charge is 0.386 e. The highest BCUT2D eigenvalue weighted by molar-refractivity contribution is 6.18. The fourth-order valence-electron chi connectivity index (χ4n) is 2.97. The highest BCUT2D eigenvalue weighted by atomic mass is 35.5. The van der Waals surface area contributed by atoms with E-state index in [9.17, 15) is 5.11 Å². The maximum Gasteiger partial charge on any atom is 0.116 e. The van der Waals surface area contributed by atoms with Crippen LogP contribution in [-0.2, 0) is 0 Å². The second kappa shape index (κ2) is 12.9. The minimum Gasteiger partial charge on any atom is -0.386 e. The van der Waals surface area contributed by atoms with Crippen LogP contribution in [0.25, 0.3) is 0 Å². The van der Waals surface area contributed by atoms with Crippen LogP contribution in [-0.4, -0.2) is 47.8 Å². The number of hydrogen-bond acceptors (Lipinski definition) is 1. The number of hydrogen-bond donors (Lipinski definition) is 1. The first-order valence-corrected chi connectivity index (χ1v) is 9.26. The van der Waals surface area contributed by atoms with Crippen molar-refractivity contribution in [3.05, 3.63) is 0 Å². The van der Waals surface area contributed by atoms with Crippen LogP contribution in [0, 0.1) is 0 Å². The van der Waals surface area contributed by atoms with E-state index in [1.54, 1.807) is 0 Å². The summed E-state index contributed by atoms with van der Waals surface area (Å²) < 4.78 is 1.02. The number of rotatable bonds is 14. The monoisotopic (exact) mass is 306 g/mol. The van der Waals surface area contributed by atoms with Gasteiger partial charge < -0.3 is 9.59 Å². The van der Waals surface area contributed by atoms with Crippen LogP contribution in [0.3, 0.4) is 0 Å². The van der Waals surface area contributed by atoms with Gasteiger partial charge in [0.05, 0.1) is 25.5 Å². The molecule has 0 amide bonds. The second-order valence-corrected chi connectivity index (χ2v) is 6.47. The lowest BCUT2D eigenvalue weighted by Crippen LogP contribution is -2.52. The average molecular weight is 307 g/mol. The van der Waals surface area contributed by atoms with E-state index in [1.165, 1.54) is 57.9 Å². The molecule has 0 saturated carbocycles. The highest BCUT2D eigenvalue weighted by Crippen LogP contribution is 2.14. The van der Waals surface area contributed by atoms with Crippen LogP contribution in [0.1, 0.15) is 72.1 Å². The molecule has 0 bridgehead atoms. The zero-order valence-electron chi connectivity index (χ0n) is 14.0. The summed E-state index contributed by atoms with van der Waals surface area (Å²) in [5.74, 6) is 0.359. The summed E-state index contributed by atoms with van der Waals surface area (Å²) in [5.41, 5.74) is 0. The van der Waals surface area contributed by atoms with E-state index in [-0.39, 0.29) is 6.10 Å². The van der Waals surface area contributed by atoms with Crippen LogP contribution in [0.2, 0.25) is 0 Å². The van der Waals surface area contributed by atoms with Crippen LogP contribution < -0.4 is 0 Å². The fraction of sp³-hybridized carbons (Fsp3) is 1.00. The molecule has 20 heavy (non-hydrogen) atoms. The summed E-state index contributed by atoms with van der Waals surface area (Å²) in [6.07, 6.45) is 10.6. The van der Waals surface area contributed by atoms with Gasteiger partial charge in [-0.3, -0.25) is 0 Å². The zero-order valence-corrected chi connectivity index (χ0v) is 14.8. The molecule has 122 valence electrons. The number of aliphatic hydroxyl groups is 1. The molecule has 0 aliphatic carbocycles. The van der Waals surface area contributed by atoms with Crippen molar-refractivity contribution in [2.24, 2.45) is 0 Å². The summed E-state index contributed by atoms with van der Waals surface area (Å²) in [6.45, 7) is 10.9. The van der Waals surface area contributed by atoms with Crippen LogP contribution >= 0.6 is 11.6 Å². The van der Waals surface area contributed by atoms with Crippen molar-refractivity contribution in [1.29, 1.82) is 0 Å². The van der Waals surface area contributed by atoms with Gasteiger partial charge in [0.2, 0.25) is 0 Å². The Morgan fingerprint density at radius 1 is 0.850 bits per heavy atom. The number of quaternary nitrogens is 1. The molecule has 0 aromatic carbocycles. The van der Waals surface area contributed by atoms with Crippen molar-refractivity contribution in [1.82, 2.24) is 0 Å². The molecule has 0 heterocycles. The predicted octanol–water partition coefficient (Wildman–Crippen LogP) is 4.58. The number of likely N-dealkylation sites (N-methyl/N-ethyl adjacent to an activating group) is 1. The zero-order chi connectivity index (χ0) is 15.3. The van der Waals surface area contributed by atoms with Gasteiger partial charge in [0.1, 0.15) is 12.6 Å². The Kier molecular flexibility index (Phi) is 13.0. The topological polar surface area (TPSA) is 20.2 Å². The van der Waals surface area contributed by atoms with Crippen LogP contribution in [0.5, 0.6) is 0 Å². The van der Waals surface area contributed by atoms with Gasteiger partial charge in [-0.25, -0.2) is 0 Å². The quantitative estimate of drug-likeness (QED) is 0.283. The third kappa shape index (κ3) is 9.20. The van der Waals surface area contributed by atoms with E-state index in [0.717, 1.165) is 24.1 Å². The van der Waals surface area contributed by atoms with Crippen LogP contribution in [0.15, 0.2) is 0 Å². The second-order valence-electron chi connectivity index (χ2n) is 6.16. The molecule has 0 fully saturated rings. The van der Waals surface area contributed by atoms with Gasteiger partial charge in [-0.1, -0.05) is 45.4 Å². The van der Waals surface area contributed by atoms with Gasteiger partial charge in [0, 0.05) is 0 Å². The SMILES string of the molecule is CCCCCCCCCC[N+](CC)(CC)CC(O)CCl. The summed E-state index contributed by atoms with van der Waals surface area (Å²) in [7, 11) is 0. The van der Waals surface area contributed by atoms with E-state index in [0.29, 0.717) is 5.88 Å². The molecule has 0 aliphatic heterocycles. The molecule has 1 unspecified atom stereocenters. The number of halogens is 1. The number of nitrogens with zero attached hydrogens (tertiary/aromatic N) is 1. The summed E-state index contributed by atoms with van der Waals surface area (Å²) in [5, 5.41) is 9.83. The van der Waals surface area contributed by atoms with E-state index >= 15 is 0 Å². The standard InChI is InChI=1S/C17H37ClNO/c1-4-7-8-9-10-11-12-13-14-19(5-2,6-3)16-17(20)15-18/h17,20H,4-16H2,1-3H3/q+1. The molecule has 1 N–H and O–H groups in total. The number of alkyl halides is 1. The maximum atomic E-state index is 9.83. The minimum atomic E-state index is -0.356. The Labute approximate surface area is 132 Å². The smallest absolute Gasteiger partial charge is 0.116 e. The first kappa shape index (κ1) is 20.2. The highest BCUT2D eigenvalue weighted by Gasteiger charge is 2.25. The Morgan fingerprint density at radius 3 is 1.80 bits per heavy atom. The predicted molar refractivity (Wildman–Crippen MR) is 90.4 cm³/mol. The lowest BCUT2D eigenvalue weighted by Gasteiger charge is -2.38. The molecular formula is C17H37ClNO+. The average Bonchev–Trinajstić information content (AvgIpc) is 2.48. The van der Waals surface area contributed by atoms with Gasteiger partial charge in [0.25, 0.3) is 0 Å². The summed E-state index contributed by atoms with van der Waals surface area (Å²) >= 11 is 5.76. The van der Waals surface area contributed by atoms with E-state index in [2.05, 4.69) is 20.8 Å². The summed E-state index contributed by atoms with van der Waals surface area (Å²) in [6, 6.07) is 0.